The van der Waals surface area contributed by atoms with Crippen LogP contribution in [-0.4, -0.2) is 17.7 Å². The molecule has 1 aliphatic rings. The van der Waals surface area contributed by atoms with Crippen LogP contribution >= 0.6 is 23.2 Å². The fourth-order valence-electron chi connectivity index (χ4n) is 3.38. The SMILES string of the molecule is CCc1ccc(NC(=O)c2cccc(NC3=C(Cl)C(=O)N(c4ccc(F)c(Cl)c4)C3=O)c2)cc1. The number of hydrogen-bond donors (Lipinski definition) is 2. The van der Waals surface area contributed by atoms with Crippen LogP contribution in [0.2, 0.25) is 5.02 Å². The van der Waals surface area contributed by atoms with E-state index in [1.165, 1.54) is 12.1 Å². The minimum absolute atomic E-state index is 0.0820. The fourth-order valence-corrected chi connectivity index (χ4v) is 3.77. The number of amides is 3. The van der Waals surface area contributed by atoms with E-state index in [2.05, 4.69) is 10.6 Å². The Labute approximate surface area is 205 Å². The van der Waals surface area contributed by atoms with Crippen molar-refractivity contribution >= 4 is 58.0 Å². The second-order valence-electron chi connectivity index (χ2n) is 7.44. The zero-order chi connectivity index (χ0) is 24.4. The van der Waals surface area contributed by atoms with Crippen LogP contribution in [0.3, 0.4) is 0 Å². The smallest absolute Gasteiger partial charge is 0.283 e. The third-order valence-electron chi connectivity index (χ3n) is 5.20. The van der Waals surface area contributed by atoms with Crippen LogP contribution in [-0.2, 0) is 16.0 Å². The summed E-state index contributed by atoms with van der Waals surface area (Å²) in [5.74, 6) is -2.53. The normalized spacial score (nSPS) is 13.5. The van der Waals surface area contributed by atoms with Crippen molar-refractivity contribution in [3.63, 3.8) is 0 Å². The van der Waals surface area contributed by atoms with Gasteiger partial charge in [-0.2, -0.15) is 0 Å². The summed E-state index contributed by atoms with van der Waals surface area (Å²) in [5, 5.41) is 5.06. The number of carbonyl (C=O) groups is 3. The van der Waals surface area contributed by atoms with Gasteiger partial charge in [-0.15, -0.1) is 0 Å². The van der Waals surface area contributed by atoms with Gasteiger partial charge in [0.15, 0.2) is 0 Å². The first-order valence-corrected chi connectivity index (χ1v) is 11.0. The number of aryl methyl sites for hydroxylation is 1. The van der Waals surface area contributed by atoms with Crippen LogP contribution in [0.1, 0.15) is 22.8 Å². The van der Waals surface area contributed by atoms with Crippen molar-refractivity contribution in [3.05, 3.63) is 99.4 Å². The van der Waals surface area contributed by atoms with Gasteiger partial charge in [-0.1, -0.05) is 48.3 Å². The first-order valence-electron chi connectivity index (χ1n) is 10.3. The first kappa shape index (κ1) is 23.5. The highest BCUT2D eigenvalue weighted by molar-refractivity contribution is 6.53. The van der Waals surface area contributed by atoms with E-state index in [0.717, 1.165) is 29.0 Å². The summed E-state index contributed by atoms with van der Waals surface area (Å²) >= 11 is 11.9. The minimum Gasteiger partial charge on any atom is -0.350 e. The molecule has 3 aromatic carbocycles. The lowest BCUT2D eigenvalue weighted by Gasteiger charge is -2.15. The fraction of sp³-hybridized carbons (Fsp3) is 0.0800. The molecule has 0 radical (unpaired) electrons. The molecule has 172 valence electrons. The largest absolute Gasteiger partial charge is 0.350 e. The standard InChI is InChI=1S/C25H18Cl2FN3O3/c1-2-14-6-8-16(9-7-14)30-23(32)15-4-3-5-17(12-15)29-22-21(27)24(33)31(25(22)34)18-10-11-20(28)19(26)13-18/h3-13,29H,2H2,1H3,(H,30,32). The van der Waals surface area contributed by atoms with Crippen molar-refractivity contribution < 1.29 is 18.8 Å². The van der Waals surface area contributed by atoms with Crippen LogP contribution in [0.15, 0.2) is 77.5 Å². The van der Waals surface area contributed by atoms with E-state index in [1.807, 2.05) is 31.2 Å². The first-order chi connectivity index (χ1) is 16.3. The Bertz CT molecular complexity index is 1340. The Morgan fingerprint density at radius 1 is 0.941 bits per heavy atom. The van der Waals surface area contributed by atoms with Crippen LogP contribution in [0.5, 0.6) is 0 Å². The number of hydrogen-bond acceptors (Lipinski definition) is 4. The van der Waals surface area contributed by atoms with Crippen LogP contribution in [0.25, 0.3) is 0 Å². The van der Waals surface area contributed by atoms with Crippen LogP contribution < -0.4 is 15.5 Å². The Morgan fingerprint density at radius 2 is 1.68 bits per heavy atom. The Balaban J connectivity index is 1.52. The molecule has 0 saturated carbocycles. The van der Waals surface area contributed by atoms with E-state index in [4.69, 9.17) is 23.2 Å². The molecule has 3 amide bonds. The summed E-state index contributed by atoms with van der Waals surface area (Å²) < 4.78 is 13.5. The maximum absolute atomic E-state index is 13.5. The van der Waals surface area contributed by atoms with Gasteiger partial charge in [-0.3, -0.25) is 14.4 Å². The summed E-state index contributed by atoms with van der Waals surface area (Å²) in [6.07, 6.45) is 0.896. The van der Waals surface area contributed by atoms with E-state index >= 15 is 0 Å². The van der Waals surface area contributed by atoms with Crippen LogP contribution in [0.4, 0.5) is 21.5 Å². The highest BCUT2D eigenvalue weighted by Gasteiger charge is 2.39. The number of nitrogens with one attached hydrogen (secondary N) is 2. The van der Waals surface area contributed by atoms with Gasteiger partial charge in [0, 0.05) is 16.9 Å². The molecule has 0 spiro atoms. The van der Waals surface area contributed by atoms with E-state index in [0.29, 0.717) is 16.9 Å². The zero-order valence-corrected chi connectivity index (χ0v) is 19.4. The van der Waals surface area contributed by atoms with E-state index in [1.54, 1.807) is 18.2 Å². The molecule has 3 aromatic rings. The number of anilines is 3. The summed E-state index contributed by atoms with van der Waals surface area (Å²) in [6, 6.07) is 17.4. The van der Waals surface area contributed by atoms with Crippen molar-refractivity contribution in [2.75, 3.05) is 15.5 Å². The molecule has 9 heteroatoms. The lowest BCUT2D eigenvalue weighted by molar-refractivity contribution is -0.120. The van der Waals surface area contributed by atoms with Gasteiger partial charge in [-0.25, -0.2) is 9.29 Å². The lowest BCUT2D eigenvalue weighted by Crippen LogP contribution is -2.32. The predicted octanol–water partition coefficient (Wildman–Crippen LogP) is 5.73. The monoisotopic (exact) mass is 497 g/mol. The van der Waals surface area contributed by atoms with E-state index in [9.17, 15) is 18.8 Å². The zero-order valence-electron chi connectivity index (χ0n) is 17.9. The summed E-state index contributed by atoms with van der Waals surface area (Å²) in [4.78, 5) is 39.0. The van der Waals surface area contributed by atoms with E-state index in [-0.39, 0.29) is 27.3 Å². The van der Waals surface area contributed by atoms with Crippen molar-refractivity contribution in [3.8, 4) is 0 Å². The Kier molecular flexibility index (Phi) is 6.68. The molecule has 4 rings (SSSR count). The van der Waals surface area contributed by atoms with Gasteiger partial charge in [0.2, 0.25) is 0 Å². The lowest BCUT2D eigenvalue weighted by atomic mass is 10.1. The molecule has 2 N–H and O–H groups in total. The maximum Gasteiger partial charge on any atom is 0.283 e. The topological polar surface area (TPSA) is 78.5 Å². The highest BCUT2D eigenvalue weighted by Crippen LogP contribution is 2.32. The van der Waals surface area contributed by atoms with Crippen molar-refractivity contribution in [1.82, 2.24) is 0 Å². The second kappa shape index (κ2) is 9.67. The third-order valence-corrected chi connectivity index (χ3v) is 5.84. The summed E-state index contributed by atoms with van der Waals surface area (Å²) in [6.45, 7) is 2.05. The molecular weight excluding hydrogens is 480 g/mol. The number of rotatable bonds is 6. The number of benzene rings is 3. The number of imide groups is 1. The number of halogens is 3. The van der Waals surface area contributed by atoms with Crippen molar-refractivity contribution in [2.24, 2.45) is 0 Å². The van der Waals surface area contributed by atoms with Gasteiger partial charge in [0.05, 0.1) is 10.7 Å². The molecule has 0 bridgehead atoms. The van der Waals surface area contributed by atoms with E-state index < -0.39 is 17.6 Å². The Morgan fingerprint density at radius 3 is 2.35 bits per heavy atom. The molecular formula is C25H18Cl2FN3O3. The molecule has 0 saturated heterocycles. The van der Waals surface area contributed by atoms with Gasteiger partial charge in [0.25, 0.3) is 17.7 Å². The van der Waals surface area contributed by atoms with Gasteiger partial charge >= 0.3 is 0 Å². The average molecular weight is 498 g/mol. The maximum atomic E-state index is 13.5. The molecule has 0 aliphatic carbocycles. The molecule has 34 heavy (non-hydrogen) atoms. The minimum atomic E-state index is -0.777. The number of carbonyl (C=O) groups excluding carboxylic acids is 3. The molecule has 1 heterocycles. The summed E-state index contributed by atoms with van der Waals surface area (Å²) in [7, 11) is 0. The summed E-state index contributed by atoms with van der Waals surface area (Å²) in [5.41, 5.74) is 2.43. The van der Waals surface area contributed by atoms with Gasteiger partial charge in [0.1, 0.15) is 16.5 Å². The highest BCUT2D eigenvalue weighted by atomic mass is 35.5. The molecule has 6 nitrogen and oxygen atoms in total. The average Bonchev–Trinajstić information content (AvgIpc) is 3.04. The molecule has 0 aromatic heterocycles. The van der Waals surface area contributed by atoms with Crippen molar-refractivity contribution in [1.29, 1.82) is 0 Å². The quantitative estimate of drug-likeness (QED) is 0.426. The van der Waals surface area contributed by atoms with Crippen LogP contribution in [0, 0.1) is 5.82 Å². The Hall–Kier alpha value is -3.68. The third kappa shape index (κ3) is 4.66. The predicted molar refractivity (Wildman–Crippen MR) is 131 cm³/mol. The molecule has 0 fully saturated rings. The molecule has 0 atom stereocenters. The van der Waals surface area contributed by atoms with Gasteiger partial charge < -0.3 is 10.6 Å². The molecule has 0 unspecified atom stereocenters. The number of nitrogens with zero attached hydrogens (tertiary/aromatic N) is 1. The second-order valence-corrected chi connectivity index (χ2v) is 8.23. The van der Waals surface area contributed by atoms with Crippen molar-refractivity contribution in [2.45, 2.75) is 13.3 Å². The van der Waals surface area contributed by atoms with Gasteiger partial charge in [-0.05, 0) is 60.5 Å². The molecule has 1 aliphatic heterocycles.